The molecule has 0 saturated carbocycles. The van der Waals surface area contributed by atoms with E-state index in [0.717, 1.165) is 23.4 Å². The minimum absolute atomic E-state index is 0.0941. The second-order valence-corrected chi connectivity index (χ2v) is 5.82. The lowest BCUT2D eigenvalue weighted by Crippen LogP contribution is -2.10. The second-order valence-electron chi connectivity index (χ2n) is 4.76. The topological polar surface area (TPSA) is 32.3 Å². The summed E-state index contributed by atoms with van der Waals surface area (Å²) >= 11 is 1.76. The third-order valence-corrected chi connectivity index (χ3v) is 4.36. The Hall–Kier alpha value is -1.87. The monoisotopic (exact) mass is 299 g/mol. The first-order valence-corrected chi connectivity index (χ1v) is 8.12. The molecular weight excluding hydrogens is 278 g/mol. The van der Waals surface area contributed by atoms with E-state index in [1.54, 1.807) is 17.8 Å². The lowest BCUT2D eigenvalue weighted by molar-refractivity contribution is 0.462. The molecule has 2 aromatic carbocycles. The minimum Gasteiger partial charge on any atom is -0.508 e. The number of hydrogen-bond donors (Lipinski definition) is 2. The van der Waals surface area contributed by atoms with E-state index < -0.39 is 0 Å². The van der Waals surface area contributed by atoms with Crippen molar-refractivity contribution in [2.24, 2.45) is 0 Å². The van der Waals surface area contributed by atoms with E-state index in [-0.39, 0.29) is 6.04 Å². The molecule has 0 bridgehead atoms. The number of anilines is 1. The number of rotatable bonds is 7. The third-order valence-electron chi connectivity index (χ3n) is 3.29. The molecule has 2 rings (SSSR count). The van der Waals surface area contributed by atoms with Crippen molar-refractivity contribution in [3.8, 4) is 5.75 Å². The van der Waals surface area contributed by atoms with Crippen LogP contribution in [0.1, 0.15) is 24.9 Å². The van der Waals surface area contributed by atoms with Crippen molar-refractivity contribution in [3.05, 3.63) is 66.7 Å². The second kappa shape index (κ2) is 7.79. The molecule has 0 heterocycles. The third kappa shape index (κ3) is 4.05. The van der Waals surface area contributed by atoms with Gasteiger partial charge in [-0.1, -0.05) is 43.3 Å². The number of benzene rings is 2. The largest absolute Gasteiger partial charge is 0.508 e. The van der Waals surface area contributed by atoms with Crippen molar-refractivity contribution in [1.82, 2.24) is 0 Å². The highest BCUT2D eigenvalue weighted by Gasteiger charge is 2.14. The molecule has 1 unspecified atom stereocenters. The highest BCUT2D eigenvalue weighted by atomic mass is 32.2. The minimum atomic E-state index is 0.0941. The van der Waals surface area contributed by atoms with Crippen LogP contribution >= 0.6 is 11.8 Å². The zero-order valence-corrected chi connectivity index (χ0v) is 13.1. The average Bonchev–Trinajstić information content (AvgIpc) is 2.52. The molecule has 1 atom stereocenters. The van der Waals surface area contributed by atoms with Crippen molar-refractivity contribution >= 4 is 17.4 Å². The quantitative estimate of drug-likeness (QED) is 0.542. The van der Waals surface area contributed by atoms with Crippen molar-refractivity contribution < 1.29 is 5.11 Å². The molecule has 21 heavy (non-hydrogen) atoms. The molecule has 110 valence electrons. The summed E-state index contributed by atoms with van der Waals surface area (Å²) in [6, 6.07) is 15.8. The standard InChI is InChI=1S/C18H21NOS/c1-3-13-21-18-12-8-6-10-16(18)19-15(4-2)14-9-5-7-11-17(14)20/h3,5-12,15,19-20H,1,4,13H2,2H3. The van der Waals surface area contributed by atoms with Gasteiger partial charge in [0.15, 0.2) is 0 Å². The van der Waals surface area contributed by atoms with E-state index in [1.807, 2.05) is 36.4 Å². The summed E-state index contributed by atoms with van der Waals surface area (Å²) in [5, 5.41) is 13.6. The molecule has 0 amide bonds. The van der Waals surface area contributed by atoms with Gasteiger partial charge in [-0.2, -0.15) is 0 Å². The van der Waals surface area contributed by atoms with E-state index in [9.17, 15) is 5.11 Å². The van der Waals surface area contributed by atoms with E-state index in [0.29, 0.717) is 5.75 Å². The van der Waals surface area contributed by atoms with Crippen LogP contribution < -0.4 is 5.32 Å². The van der Waals surface area contributed by atoms with E-state index in [4.69, 9.17) is 0 Å². The van der Waals surface area contributed by atoms with E-state index in [2.05, 4.69) is 31.0 Å². The summed E-state index contributed by atoms with van der Waals surface area (Å²) in [5.74, 6) is 1.22. The van der Waals surface area contributed by atoms with Crippen LogP contribution in [0, 0.1) is 0 Å². The van der Waals surface area contributed by atoms with Gasteiger partial charge in [0.1, 0.15) is 5.75 Å². The van der Waals surface area contributed by atoms with Crippen LogP contribution in [0.25, 0.3) is 0 Å². The van der Waals surface area contributed by atoms with Gasteiger partial charge < -0.3 is 10.4 Å². The predicted octanol–water partition coefficient (Wildman–Crippen LogP) is 5.23. The Morgan fingerprint density at radius 3 is 2.62 bits per heavy atom. The lowest BCUT2D eigenvalue weighted by Gasteiger charge is -2.21. The molecule has 3 heteroatoms. The van der Waals surface area contributed by atoms with Gasteiger partial charge >= 0.3 is 0 Å². The van der Waals surface area contributed by atoms with Crippen LogP contribution in [-0.2, 0) is 0 Å². The maximum atomic E-state index is 10.0. The molecule has 0 radical (unpaired) electrons. The van der Waals surface area contributed by atoms with Crippen LogP contribution in [0.3, 0.4) is 0 Å². The predicted molar refractivity (Wildman–Crippen MR) is 92.1 cm³/mol. The summed E-state index contributed by atoms with van der Waals surface area (Å²) < 4.78 is 0. The molecule has 2 aromatic rings. The Morgan fingerprint density at radius 1 is 1.19 bits per heavy atom. The number of para-hydroxylation sites is 2. The van der Waals surface area contributed by atoms with Gasteiger partial charge in [-0.25, -0.2) is 0 Å². The fourth-order valence-electron chi connectivity index (χ4n) is 2.23. The van der Waals surface area contributed by atoms with Crippen molar-refractivity contribution in [2.75, 3.05) is 11.1 Å². The Morgan fingerprint density at radius 2 is 1.90 bits per heavy atom. The summed E-state index contributed by atoms with van der Waals surface area (Å²) in [6.45, 7) is 5.88. The summed E-state index contributed by atoms with van der Waals surface area (Å²) in [6.07, 6.45) is 2.81. The zero-order valence-electron chi connectivity index (χ0n) is 12.3. The van der Waals surface area contributed by atoms with Gasteiger partial charge in [-0.15, -0.1) is 18.3 Å². The molecule has 2 nitrogen and oxygen atoms in total. The van der Waals surface area contributed by atoms with Gasteiger partial charge in [-0.05, 0) is 24.6 Å². The highest BCUT2D eigenvalue weighted by Crippen LogP contribution is 2.33. The first kappa shape index (κ1) is 15.5. The normalized spacial score (nSPS) is 11.9. The van der Waals surface area contributed by atoms with Crippen molar-refractivity contribution in [1.29, 1.82) is 0 Å². The van der Waals surface area contributed by atoms with Crippen molar-refractivity contribution in [2.45, 2.75) is 24.3 Å². The van der Waals surface area contributed by atoms with Crippen LogP contribution in [0.5, 0.6) is 5.75 Å². The van der Waals surface area contributed by atoms with Gasteiger partial charge in [0, 0.05) is 21.9 Å². The average molecular weight is 299 g/mol. The van der Waals surface area contributed by atoms with Crippen LogP contribution in [0.2, 0.25) is 0 Å². The Bertz CT molecular complexity index is 597. The molecule has 2 N–H and O–H groups in total. The Balaban J connectivity index is 2.23. The first-order valence-electron chi connectivity index (χ1n) is 7.13. The van der Waals surface area contributed by atoms with Crippen molar-refractivity contribution in [3.63, 3.8) is 0 Å². The fourth-order valence-corrected chi connectivity index (χ4v) is 2.98. The summed E-state index contributed by atoms with van der Waals surface area (Å²) in [7, 11) is 0. The van der Waals surface area contributed by atoms with Gasteiger partial charge in [0.2, 0.25) is 0 Å². The maximum absolute atomic E-state index is 10.0. The number of nitrogens with one attached hydrogen (secondary N) is 1. The van der Waals surface area contributed by atoms with E-state index >= 15 is 0 Å². The number of phenolic OH excluding ortho intramolecular Hbond substituents is 1. The molecule has 0 aliphatic heterocycles. The first-order chi connectivity index (χ1) is 10.3. The molecule has 0 spiro atoms. The molecular formula is C18H21NOS. The molecule has 0 saturated heterocycles. The maximum Gasteiger partial charge on any atom is 0.120 e. The Kier molecular flexibility index (Phi) is 5.76. The number of phenols is 1. The van der Waals surface area contributed by atoms with Gasteiger partial charge in [-0.3, -0.25) is 0 Å². The molecule has 0 aliphatic carbocycles. The van der Waals surface area contributed by atoms with Crippen LogP contribution in [-0.4, -0.2) is 10.9 Å². The number of aromatic hydroxyl groups is 1. The molecule has 0 aromatic heterocycles. The van der Waals surface area contributed by atoms with Gasteiger partial charge in [0.05, 0.1) is 6.04 Å². The number of hydrogen-bond acceptors (Lipinski definition) is 3. The fraction of sp³-hybridized carbons (Fsp3) is 0.222. The number of thioether (sulfide) groups is 1. The smallest absolute Gasteiger partial charge is 0.120 e. The van der Waals surface area contributed by atoms with E-state index in [1.165, 1.54) is 4.90 Å². The Labute approximate surface area is 130 Å². The van der Waals surface area contributed by atoms with Gasteiger partial charge in [0.25, 0.3) is 0 Å². The highest BCUT2D eigenvalue weighted by molar-refractivity contribution is 7.99. The summed E-state index contributed by atoms with van der Waals surface area (Å²) in [4.78, 5) is 1.20. The molecule has 0 fully saturated rings. The lowest BCUT2D eigenvalue weighted by atomic mass is 10.0. The summed E-state index contributed by atoms with van der Waals surface area (Å²) in [5.41, 5.74) is 2.03. The zero-order chi connectivity index (χ0) is 15.1. The van der Waals surface area contributed by atoms with Crippen LogP contribution in [0.15, 0.2) is 66.1 Å². The SMILES string of the molecule is C=CCSc1ccccc1NC(CC)c1ccccc1O. The van der Waals surface area contributed by atoms with Crippen LogP contribution in [0.4, 0.5) is 5.69 Å². The molecule has 0 aliphatic rings.